The summed E-state index contributed by atoms with van der Waals surface area (Å²) in [6, 6.07) is 4.06. The number of nitrogens with one attached hydrogen (secondary N) is 1. The Labute approximate surface area is 112 Å². The van der Waals surface area contributed by atoms with Crippen molar-refractivity contribution < 1.29 is 4.79 Å². The summed E-state index contributed by atoms with van der Waals surface area (Å²) in [6.45, 7) is 1.71. The van der Waals surface area contributed by atoms with Crippen molar-refractivity contribution in [1.29, 1.82) is 0 Å². The van der Waals surface area contributed by atoms with Crippen LogP contribution in [-0.2, 0) is 0 Å². The molecule has 1 aliphatic rings. The van der Waals surface area contributed by atoms with Crippen LogP contribution in [0.15, 0.2) is 30.7 Å². The molecule has 2 aromatic rings. The molecule has 19 heavy (non-hydrogen) atoms. The number of nitrogens with zero attached hydrogens (tertiary/aromatic N) is 3. The van der Waals surface area contributed by atoms with Crippen LogP contribution in [0, 0.1) is 0 Å². The first-order chi connectivity index (χ1) is 9.29. The van der Waals surface area contributed by atoms with E-state index in [9.17, 15) is 4.79 Å². The molecule has 1 N–H and O–H groups in total. The summed E-state index contributed by atoms with van der Waals surface area (Å²) in [5.74, 6) is 0.119. The van der Waals surface area contributed by atoms with E-state index in [4.69, 9.17) is 0 Å². The lowest BCUT2D eigenvalue weighted by atomic mass is 10.2. The Morgan fingerprint density at radius 1 is 1.53 bits per heavy atom. The molecular formula is C14H18N4O. The molecule has 1 fully saturated rings. The molecule has 0 aliphatic carbocycles. The van der Waals surface area contributed by atoms with Crippen LogP contribution in [0.5, 0.6) is 0 Å². The molecule has 0 spiro atoms. The number of hydrogen-bond acceptors (Lipinski definition) is 3. The molecule has 0 aromatic carbocycles. The van der Waals surface area contributed by atoms with Crippen LogP contribution in [0.2, 0.25) is 0 Å². The van der Waals surface area contributed by atoms with Crippen LogP contribution in [0.4, 0.5) is 0 Å². The molecule has 1 amide bonds. The van der Waals surface area contributed by atoms with Crippen molar-refractivity contribution in [2.45, 2.75) is 18.9 Å². The van der Waals surface area contributed by atoms with Gasteiger partial charge < -0.3 is 14.6 Å². The highest BCUT2D eigenvalue weighted by Crippen LogP contribution is 2.19. The van der Waals surface area contributed by atoms with E-state index in [0.717, 1.165) is 37.1 Å². The predicted octanol–water partition coefficient (Wildman–Crippen LogP) is 1.16. The topological polar surface area (TPSA) is 49.6 Å². The highest BCUT2D eigenvalue weighted by Gasteiger charge is 2.28. The molecule has 5 heteroatoms. The van der Waals surface area contributed by atoms with Gasteiger partial charge in [0.1, 0.15) is 5.65 Å². The Morgan fingerprint density at radius 3 is 3.26 bits per heavy atom. The maximum atomic E-state index is 12.6. The first-order valence-electron chi connectivity index (χ1n) is 6.68. The summed E-state index contributed by atoms with van der Waals surface area (Å²) in [7, 11) is 1.93. The number of imidazole rings is 1. The van der Waals surface area contributed by atoms with Crippen molar-refractivity contribution in [1.82, 2.24) is 19.6 Å². The molecule has 0 bridgehead atoms. The molecule has 1 aliphatic heterocycles. The SMILES string of the molecule is CNC[C@H]1CCCN1C(=O)c1ccc2nccn2c1. The average Bonchev–Trinajstić information content (AvgIpc) is 3.05. The fourth-order valence-corrected chi connectivity index (χ4v) is 2.76. The molecule has 0 saturated carbocycles. The molecule has 2 aromatic heterocycles. The molecule has 0 radical (unpaired) electrons. The third-order valence-corrected chi connectivity index (χ3v) is 3.71. The highest BCUT2D eigenvalue weighted by atomic mass is 16.2. The lowest BCUT2D eigenvalue weighted by molar-refractivity contribution is 0.0736. The summed E-state index contributed by atoms with van der Waals surface area (Å²) < 4.78 is 1.89. The molecule has 5 nitrogen and oxygen atoms in total. The van der Waals surface area contributed by atoms with Gasteiger partial charge in [0.05, 0.1) is 5.56 Å². The largest absolute Gasteiger partial charge is 0.334 e. The summed E-state index contributed by atoms with van der Waals surface area (Å²) >= 11 is 0. The fourth-order valence-electron chi connectivity index (χ4n) is 2.76. The van der Waals surface area contributed by atoms with Gasteiger partial charge in [0.25, 0.3) is 5.91 Å². The quantitative estimate of drug-likeness (QED) is 0.898. The maximum Gasteiger partial charge on any atom is 0.255 e. The zero-order chi connectivity index (χ0) is 13.2. The Morgan fingerprint density at radius 2 is 2.42 bits per heavy atom. The number of rotatable bonds is 3. The number of amides is 1. The number of likely N-dealkylation sites (N-methyl/N-ethyl adjacent to an activating group) is 1. The van der Waals surface area contributed by atoms with Gasteiger partial charge in [0, 0.05) is 37.7 Å². The number of carbonyl (C=O) groups excluding carboxylic acids is 1. The maximum absolute atomic E-state index is 12.6. The first-order valence-corrected chi connectivity index (χ1v) is 6.68. The molecule has 1 atom stereocenters. The number of hydrogen-bond donors (Lipinski definition) is 1. The highest BCUT2D eigenvalue weighted by molar-refractivity contribution is 5.94. The van der Waals surface area contributed by atoms with Crippen molar-refractivity contribution >= 4 is 11.6 Å². The van der Waals surface area contributed by atoms with Gasteiger partial charge in [-0.2, -0.15) is 0 Å². The van der Waals surface area contributed by atoms with E-state index >= 15 is 0 Å². The second-order valence-corrected chi connectivity index (χ2v) is 4.96. The second kappa shape index (κ2) is 5.01. The van der Waals surface area contributed by atoms with Crippen LogP contribution in [0.3, 0.4) is 0 Å². The number of likely N-dealkylation sites (tertiary alicyclic amines) is 1. The minimum atomic E-state index is 0.119. The van der Waals surface area contributed by atoms with Gasteiger partial charge in [-0.3, -0.25) is 4.79 Å². The summed E-state index contributed by atoms with van der Waals surface area (Å²) in [5, 5.41) is 3.16. The molecular weight excluding hydrogens is 240 g/mol. The molecule has 1 saturated heterocycles. The van der Waals surface area contributed by atoms with Crippen molar-refractivity contribution in [3.8, 4) is 0 Å². The third kappa shape index (κ3) is 2.21. The molecule has 3 rings (SSSR count). The first kappa shape index (κ1) is 12.2. The molecule has 3 heterocycles. The van der Waals surface area contributed by atoms with Gasteiger partial charge in [-0.15, -0.1) is 0 Å². The van der Waals surface area contributed by atoms with E-state index in [0.29, 0.717) is 6.04 Å². The monoisotopic (exact) mass is 258 g/mol. The van der Waals surface area contributed by atoms with Gasteiger partial charge in [-0.1, -0.05) is 0 Å². The molecule has 0 unspecified atom stereocenters. The minimum Gasteiger partial charge on any atom is -0.334 e. The number of fused-ring (bicyclic) bond motifs is 1. The predicted molar refractivity (Wildman–Crippen MR) is 73.2 cm³/mol. The van der Waals surface area contributed by atoms with E-state index in [-0.39, 0.29) is 5.91 Å². The van der Waals surface area contributed by atoms with Crippen LogP contribution in [-0.4, -0.2) is 46.4 Å². The lowest BCUT2D eigenvalue weighted by Crippen LogP contribution is -2.40. The Kier molecular flexibility index (Phi) is 3.21. The number of aromatic nitrogens is 2. The lowest BCUT2D eigenvalue weighted by Gasteiger charge is -2.24. The van der Waals surface area contributed by atoms with Crippen molar-refractivity contribution in [2.24, 2.45) is 0 Å². The van der Waals surface area contributed by atoms with E-state index in [1.54, 1.807) is 6.20 Å². The minimum absolute atomic E-state index is 0.119. The van der Waals surface area contributed by atoms with E-state index in [2.05, 4.69) is 10.3 Å². The van der Waals surface area contributed by atoms with Gasteiger partial charge >= 0.3 is 0 Å². The van der Waals surface area contributed by atoms with E-state index < -0.39 is 0 Å². The fraction of sp³-hybridized carbons (Fsp3) is 0.429. The van der Waals surface area contributed by atoms with Gasteiger partial charge in [-0.05, 0) is 32.0 Å². The van der Waals surface area contributed by atoms with Crippen molar-refractivity contribution in [3.05, 3.63) is 36.3 Å². The summed E-state index contributed by atoms with van der Waals surface area (Å²) in [5.41, 5.74) is 1.60. The normalized spacial score (nSPS) is 19.2. The van der Waals surface area contributed by atoms with E-state index in [1.807, 2.05) is 40.9 Å². The van der Waals surface area contributed by atoms with Gasteiger partial charge in [0.2, 0.25) is 0 Å². The standard InChI is InChI=1S/C14H18N4O/c1-15-9-12-3-2-7-18(12)14(19)11-4-5-13-16-6-8-17(13)10-11/h4-6,8,10,12,15H,2-3,7,9H2,1H3/t12-/m1/s1. The zero-order valence-electron chi connectivity index (χ0n) is 11.0. The van der Waals surface area contributed by atoms with Crippen molar-refractivity contribution in [2.75, 3.05) is 20.1 Å². The van der Waals surface area contributed by atoms with Crippen LogP contribution >= 0.6 is 0 Å². The second-order valence-electron chi connectivity index (χ2n) is 4.96. The number of pyridine rings is 1. The van der Waals surface area contributed by atoms with Crippen LogP contribution in [0.25, 0.3) is 5.65 Å². The van der Waals surface area contributed by atoms with Gasteiger partial charge in [0.15, 0.2) is 0 Å². The summed E-state index contributed by atoms with van der Waals surface area (Å²) in [4.78, 5) is 18.7. The Hall–Kier alpha value is -1.88. The zero-order valence-corrected chi connectivity index (χ0v) is 11.0. The van der Waals surface area contributed by atoms with Crippen LogP contribution < -0.4 is 5.32 Å². The Bertz CT molecular complexity index is 592. The Balaban J connectivity index is 1.86. The molecule has 100 valence electrons. The summed E-state index contributed by atoms with van der Waals surface area (Å²) in [6.07, 6.45) is 7.63. The van der Waals surface area contributed by atoms with E-state index in [1.165, 1.54) is 0 Å². The van der Waals surface area contributed by atoms with Crippen molar-refractivity contribution in [3.63, 3.8) is 0 Å². The smallest absolute Gasteiger partial charge is 0.255 e. The van der Waals surface area contributed by atoms with Gasteiger partial charge in [-0.25, -0.2) is 4.98 Å². The average molecular weight is 258 g/mol. The van der Waals surface area contributed by atoms with Crippen LogP contribution in [0.1, 0.15) is 23.2 Å². The third-order valence-electron chi connectivity index (χ3n) is 3.71. The number of carbonyl (C=O) groups is 1.